The molecule has 0 fully saturated rings. The average molecular weight is 304 g/mol. The summed E-state index contributed by atoms with van der Waals surface area (Å²) >= 11 is 6.13. The summed E-state index contributed by atoms with van der Waals surface area (Å²) in [7, 11) is 0. The molecule has 0 N–H and O–H groups in total. The molecule has 0 bridgehead atoms. The molecule has 1 atom stereocenters. The number of benzene rings is 1. The zero-order chi connectivity index (χ0) is 15.0. The van der Waals surface area contributed by atoms with E-state index in [1.165, 1.54) is 12.1 Å². The predicted molar refractivity (Wildman–Crippen MR) is 82.8 cm³/mol. The van der Waals surface area contributed by atoms with Crippen LogP contribution in [0, 0.1) is 5.82 Å². The van der Waals surface area contributed by atoms with Gasteiger partial charge < -0.3 is 4.90 Å². The number of anilines is 1. The molecule has 1 unspecified atom stereocenters. The van der Waals surface area contributed by atoms with Gasteiger partial charge in [-0.05, 0) is 44.5 Å². The van der Waals surface area contributed by atoms with Gasteiger partial charge in [0.05, 0.1) is 5.69 Å². The quantitative estimate of drug-likeness (QED) is 0.768. The average Bonchev–Trinajstić information content (AvgIpc) is 2.78. The van der Waals surface area contributed by atoms with Crippen LogP contribution in [0.4, 0.5) is 10.3 Å². The fourth-order valence-corrected chi connectivity index (χ4v) is 2.71. The molecule has 1 aromatic carbocycles. The lowest BCUT2D eigenvalue weighted by Crippen LogP contribution is -2.28. The number of allylic oxidation sites excluding steroid dienone is 1. The molecular weight excluding hydrogens is 289 g/mol. The number of halogens is 2. The van der Waals surface area contributed by atoms with E-state index in [1.54, 1.807) is 18.2 Å². The van der Waals surface area contributed by atoms with Crippen molar-refractivity contribution in [3.05, 3.63) is 53.1 Å². The van der Waals surface area contributed by atoms with Crippen molar-refractivity contribution in [3.63, 3.8) is 0 Å². The summed E-state index contributed by atoms with van der Waals surface area (Å²) in [6.45, 7) is 4.15. The third kappa shape index (κ3) is 2.76. The van der Waals surface area contributed by atoms with Crippen molar-refractivity contribution in [1.82, 2.24) is 9.97 Å². The molecule has 0 saturated carbocycles. The highest BCUT2D eigenvalue weighted by atomic mass is 35.5. The van der Waals surface area contributed by atoms with Gasteiger partial charge in [-0.1, -0.05) is 17.7 Å². The summed E-state index contributed by atoms with van der Waals surface area (Å²) in [4.78, 5) is 11.0. The molecule has 1 aliphatic rings. The SMILES string of the molecule is CC1=CCC(C)N1c1nc(Cl)cc(-c2ccc(F)cc2)n1. The molecule has 1 aromatic heterocycles. The van der Waals surface area contributed by atoms with Gasteiger partial charge in [-0.25, -0.2) is 14.4 Å². The second-order valence-electron chi connectivity index (χ2n) is 5.18. The van der Waals surface area contributed by atoms with E-state index in [2.05, 4.69) is 27.9 Å². The normalized spacial score (nSPS) is 18.0. The molecule has 2 aromatic rings. The lowest BCUT2D eigenvalue weighted by atomic mass is 10.1. The summed E-state index contributed by atoms with van der Waals surface area (Å²) in [5.41, 5.74) is 2.63. The maximum Gasteiger partial charge on any atom is 0.231 e. The smallest absolute Gasteiger partial charge is 0.231 e. The topological polar surface area (TPSA) is 29.0 Å². The molecule has 2 heterocycles. The Kier molecular flexibility index (Phi) is 3.64. The Morgan fingerprint density at radius 2 is 1.95 bits per heavy atom. The molecule has 108 valence electrons. The van der Waals surface area contributed by atoms with Crippen LogP contribution in [0.15, 0.2) is 42.1 Å². The lowest BCUT2D eigenvalue weighted by molar-refractivity contribution is 0.628. The van der Waals surface area contributed by atoms with Crippen molar-refractivity contribution in [1.29, 1.82) is 0 Å². The van der Waals surface area contributed by atoms with Crippen LogP contribution in [-0.2, 0) is 0 Å². The zero-order valence-electron chi connectivity index (χ0n) is 11.8. The van der Waals surface area contributed by atoms with E-state index in [4.69, 9.17) is 11.6 Å². The van der Waals surface area contributed by atoms with Crippen molar-refractivity contribution in [2.24, 2.45) is 0 Å². The van der Waals surface area contributed by atoms with Crippen LogP contribution in [0.25, 0.3) is 11.3 Å². The van der Waals surface area contributed by atoms with E-state index in [1.807, 2.05) is 6.92 Å². The molecule has 5 heteroatoms. The first-order valence-electron chi connectivity index (χ1n) is 6.81. The van der Waals surface area contributed by atoms with Crippen LogP contribution >= 0.6 is 11.6 Å². The van der Waals surface area contributed by atoms with Gasteiger partial charge in [0.1, 0.15) is 11.0 Å². The van der Waals surface area contributed by atoms with Gasteiger partial charge in [0.25, 0.3) is 0 Å². The molecule has 0 amide bonds. The van der Waals surface area contributed by atoms with Gasteiger partial charge in [-0.3, -0.25) is 0 Å². The highest BCUT2D eigenvalue weighted by Crippen LogP contribution is 2.29. The Balaban J connectivity index is 2.04. The van der Waals surface area contributed by atoms with E-state index < -0.39 is 0 Å². The summed E-state index contributed by atoms with van der Waals surface area (Å²) in [6, 6.07) is 8.20. The van der Waals surface area contributed by atoms with Gasteiger partial charge in [0.2, 0.25) is 5.95 Å². The third-order valence-corrected chi connectivity index (χ3v) is 3.81. The second-order valence-corrected chi connectivity index (χ2v) is 5.57. The summed E-state index contributed by atoms with van der Waals surface area (Å²) in [6.07, 6.45) is 3.13. The molecule has 3 nitrogen and oxygen atoms in total. The summed E-state index contributed by atoms with van der Waals surface area (Å²) in [5, 5.41) is 0.381. The predicted octanol–water partition coefficient (Wildman–Crippen LogP) is 4.44. The fraction of sp³-hybridized carbons (Fsp3) is 0.250. The first-order valence-corrected chi connectivity index (χ1v) is 7.19. The lowest BCUT2D eigenvalue weighted by Gasteiger charge is -2.24. The standard InChI is InChI=1S/C16H15ClFN3/c1-10-3-4-11(2)21(10)16-19-14(9-15(17)20-16)12-5-7-13(18)8-6-12/h3,5-9,11H,4H2,1-2H3. The van der Waals surface area contributed by atoms with Gasteiger partial charge in [-0.2, -0.15) is 0 Å². The number of nitrogens with zero attached hydrogens (tertiary/aromatic N) is 3. The van der Waals surface area contributed by atoms with Crippen LogP contribution in [0.1, 0.15) is 20.3 Å². The van der Waals surface area contributed by atoms with E-state index in [0.29, 0.717) is 22.8 Å². The number of hydrogen-bond acceptors (Lipinski definition) is 3. The largest absolute Gasteiger partial charge is 0.312 e. The Labute approximate surface area is 128 Å². The van der Waals surface area contributed by atoms with Crippen LogP contribution in [-0.4, -0.2) is 16.0 Å². The highest BCUT2D eigenvalue weighted by Gasteiger charge is 2.24. The first-order chi connectivity index (χ1) is 10.0. The Bertz CT molecular complexity index is 697. The fourth-order valence-electron chi connectivity index (χ4n) is 2.53. The maximum absolute atomic E-state index is 13.0. The van der Waals surface area contributed by atoms with Crippen LogP contribution in [0.3, 0.4) is 0 Å². The molecular formula is C16H15ClFN3. The van der Waals surface area contributed by atoms with Crippen molar-refractivity contribution < 1.29 is 4.39 Å². The third-order valence-electron chi connectivity index (χ3n) is 3.61. The monoisotopic (exact) mass is 303 g/mol. The molecule has 0 aliphatic carbocycles. The number of aromatic nitrogens is 2. The van der Waals surface area contributed by atoms with Crippen LogP contribution < -0.4 is 4.90 Å². The van der Waals surface area contributed by atoms with Gasteiger partial charge >= 0.3 is 0 Å². The van der Waals surface area contributed by atoms with E-state index in [0.717, 1.165) is 17.7 Å². The minimum absolute atomic E-state index is 0.272. The number of hydrogen-bond donors (Lipinski definition) is 0. The molecule has 3 rings (SSSR count). The first kappa shape index (κ1) is 14.0. The van der Waals surface area contributed by atoms with Crippen molar-refractivity contribution in [2.75, 3.05) is 4.90 Å². The van der Waals surface area contributed by atoms with Crippen LogP contribution in [0.2, 0.25) is 5.15 Å². The minimum atomic E-state index is -0.272. The van der Waals surface area contributed by atoms with Crippen LogP contribution in [0.5, 0.6) is 0 Å². The van der Waals surface area contributed by atoms with Crippen molar-refractivity contribution in [3.8, 4) is 11.3 Å². The minimum Gasteiger partial charge on any atom is -0.312 e. The zero-order valence-corrected chi connectivity index (χ0v) is 12.6. The Morgan fingerprint density at radius 1 is 1.24 bits per heavy atom. The van der Waals surface area contributed by atoms with E-state index in [9.17, 15) is 4.39 Å². The van der Waals surface area contributed by atoms with Gasteiger partial charge in [0.15, 0.2) is 0 Å². The Morgan fingerprint density at radius 3 is 2.57 bits per heavy atom. The van der Waals surface area contributed by atoms with E-state index in [-0.39, 0.29) is 5.82 Å². The molecule has 0 radical (unpaired) electrons. The summed E-state index contributed by atoms with van der Waals surface area (Å²) < 4.78 is 13.0. The maximum atomic E-state index is 13.0. The van der Waals surface area contributed by atoms with Gasteiger partial charge in [0, 0.05) is 23.4 Å². The number of rotatable bonds is 2. The van der Waals surface area contributed by atoms with Crippen molar-refractivity contribution >= 4 is 17.5 Å². The molecule has 21 heavy (non-hydrogen) atoms. The second kappa shape index (κ2) is 5.45. The van der Waals surface area contributed by atoms with Gasteiger partial charge in [-0.15, -0.1) is 0 Å². The molecule has 1 aliphatic heterocycles. The van der Waals surface area contributed by atoms with E-state index >= 15 is 0 Å². The van der Waals surface area contributed by atoms with Crippen molar-refractivity contribution in [2.45, 2.75) is 26.3 Å². The highest BCUT2D eigenvalue weighted by molar-refractivity contribution is 6.29. The molecule has 0 saturated heterocycles. The molecule has 0 spiro atoms. The summed E-state index contributed by atoms with van der Waals surface area (Å²) in [5.74, 6) is 0.312. The Hall–Kier alpha value is -1.94.